The molecule has 1 aromatic carbocycles. The second-order valence-electron chi connectivity index (χ2n) is 8.91. The molecule has 1 fully saturated rings. The van der Waals surface area contributed by atoms with Gasteiger partial charge >= 0.3 is 17.9 Å². The van der Waals surface area contributed by atoms with Gasteiger partial charge < -0.3 is 49.6 Å². The van der Waals surface area contributed by atoms with Crippen molar-refractivity contribution in [1.82, 2.24) is 0 Å². The quantitative estimate of drug-likeness (QED) is 0.178. The average Bonchev–Trinajstić information content (AvgIpc) is 3.26. The number of allylic oxidation sites excluding steroid dienone is 1. The fourth-order valence-corrected chi connectivity index (χ4v) is 4.57. The van der Waals surface area contributed by atoms with E-state index in [-0.39, 0.29) is 6.42 Å². The molecule has 0 spiro atoms. The lowest BCUT2D eigenvalue weighted by atomic mass is 9.79. The van der Waals surface area contributed by atoms with Gasteiger partial charge in [0, 0.05) is 12.0 Å². The van der Waals surface area contributed by atoms with Crippen molar-refractivity contribution in [2.24, 2.45) is 5.92 Å². The Kier molecular flexibility index (Phi) is 7.97. The van der Waals surface area contributed by atoms with E-state index in [9.17, 15) is 45.0 Å². The predicted molar refractivity (Wildman–Crippen MR) is 124 cm³/mol. The number of aliphatic hydroxyl groups is 4. The molecule has 0 saturated carbocycles. The number of carboxylic acids is 2. The van der Waals surface area contributed by atoms with Crippen LogP contribution >= 0.6 is 0 Å². The first-order valence-electron chi connectivity index (χ1n) is 11.5. The maximum atomic E-state index is 12.1. The highest BCUT2D eigenvalue weighted by Gasteiger charge is 2.60. The van der Waals surface area contributed by atoms with Crippen LogP contribution in [0.1, 0.15) is 12.0 Å². The van der Waals surface area contributed by atoms with Crippen LogP contribution in [0.15, 0.2) is 59.9 Å². The minimum absolute atomic E-state index is 0.149. The number of carboxylic acid groups (broad SMARTS) is 2. The molecule has 6 N–H and O–H groups in total. The summed E-state index contributed by atoms with van der Waals surface area (Å²) in [6.45, 7) is -0.565. The van der Waals surface area contributed by atoms with Crippen LogP contribution in [0.4, 0.5) is 0 Å². The fraction of sp³-hybridized carbons (Fsp3) is 0.400. The predicted octanol–water partition coefficient (Wildman–Crippen LogP) is -0.846. The summed E-state index contributed by atoms with van der Waals surface area (Å²) in [6.07, 6.45) is -6.12. The van der Waals surface area contributed by atoms with Crippen molar-refractivity contribution in [3.05, 3.63) is 65.5 Å². The zero-order chi connectivity index (χ0) is 27.6. The van der Waals surface area contributed by atoms with Crippen LogP contribution in [0.2, 0.25) is 0 Å². The first kappa shape index (κ1) is 27.4. The number of carbonyl (C=O) groups is 3. The van der Waals surface area contributed by atoms with Gasteiger partial charge in [0.15, 0.2) is 11.9 Å². The number of carbonyl (C=O) groups excluding carboxylic acids is 1. The topological polar surface area (TPSA) is 210 Å². The zero-order valence-electron chi connectivity index (χ0n) is 19.7. The minimum Gasteiger partial charge on any atom is -0.478 e. The molecule has 1 saturated heterocycles. The van der Waals surface area contributed by atoms with E-state index < -0.39 is 84.2 Å². The maximum Gasteiger partial charge on any atom is 0.335 e. The van der Waals surface area contributed by atoms with Crippen molar-refractivity contribution in [3.63, 3.8) is 0 Å². The molecule has 2 aliphatic heterocycles. The first-order chi connectivity index (χ1) is 18.0. The average molecular weight is 534 g/mol. The van der Waals surface area contributed by atoms with Crippen molar-refractivity contribution in [3.8, 4) is 0 Å². The van der Waals surface area contributed by atoms with E-state index in [2.05, 4.69) is 0 Å². The van der Waals surface area contributed by atoms with Gasteiger partial charge in [-0.2, -0.15) is 0 Å². The van der Waals surface area contributed by atoms with E-state index in [1.807, 2.05) is 0 Å². The molecule has 0 radical (unpaired) electrons. The van der Waals surface area contributed by atoms with Crippen molar-refractivity contribution >= 4 is 24.0 Å². The Morgan fingerprint density at radius 1 is 1.03 bits per heavy atom. The minimum atomic E-state index is -2.48. The Morgan fingerprint density at radius 3 is 2.39 bits per heavy atom. The van der Waals surface area contributed by atoms with E-state index in [0.717, 1.165) is 24.0 Å². The summed E-state index contributed by atoms with van der Waals surface area (Å²) in [5.74, 6) is -5.03. The van der Waals surface area contributed by atoms with E-state index >= 15 is 0 Å². The normalized spacial score (nSPS) is 34.6. The number of rotatable bonds is 8. The van der Waals surface area contributed by atoms with Crippen LogP contribution in [0.5, 0.6) is 0 Å². The Balaban J connectivity index is 1.47. The molecule has 0 aromatic heterocycles. The van der Waals surface area contributed by atoms with E-state index in [0.29, 0.717) is 0 Å². The Bertz CT molecular complexity index is 1160. The summed E-state index contributed by atoms with van der Waals surface area (Å²) >= 11 is 0. The second kappa shape index (κ2) is 11.0. The molecule has 8 atom stereocenters. The monoisotopic (exact) mass is 534 g/mol. The molecule has 13 nitrogen and oxygen atoms in total. The van der Waals surface area contributed by atoms with E-state index in [4.69, 9.17) is 18.9 Å². The summed E-state index contributed by atoms with van der Waals surface area (Å²) in [4.78, 5) is 35.5. The number of esters is 1. The third-order valence-corrected chi connectivity index (χ3v) is 6.58. The molecule has 0 unspecified atom stereocenters. The second-order valence-corrected chi connectivity index (χ2v) is 8.91. The number of aliphatic hydroxyl groups excluding tert-OH is 3. The maximum absolute atomic E-state index is 12.1. The van der Waals surface area contributed by atoms with Gasteiger partial charge in [0.2, 0.25) is 6.29 Å². The van der Waals surface area contributed by atoms with Crippen molar-refractivity contribution in [1.29, 1.82) is 0 Å². The molecule has 3 aliphatic rings. The van der Waals surface area contributed by atoms with E-state index in [1.165, 1.54) is 6.08 Å². The smallest absolute Gasteiger partial charge is 0.335 e. The number of hydrogen-bond acceptors (Lipinski definition) is 11. The molecule has 1 aliphatic carbocycles. The SMILES string of the molecule is O=C(/C=C/c1ccccc1)OC[C@H]1O[C@@H](O[C@@H]2OC=C(C(=O)O)[C@H]3CC=C(C(=O)O)[C@@]23O)[C@H](O)[C@@H](O)[C@H]1O. The summed E-state index contributed by atoms with van der Waals surface area (Å²) in [5.41, 5.74) is -2.73. The Labute approximate surface area is 215 Å². The van der Waals surface area contributed by atoms with Gasteiger partial charge in [-0.25, -0.2) is 14.4 Å². The highest BCUT2D eigenvalue weighted by molar-refractivity contribution is 5.93. The largest absolute Gasteiger partial charge is 0.478 e. The zero-order valence-corrected chi connectivity index (χ0v) is 19.7. The lowest BCUT2D eigenvalue weighted by molar-refractivity contribution is -0.354. The van der Waals surface area contributed by atoms with Crippen LogP contribution in [-0.4, -0.2) is 97.8 Å². The standard InChI is InChI=1S/C25H26O13/c26-17(9-6-12-4-2-1-3-5-12)35-11-16-18(27)19(28)20(29)23(37-16)38-24-25(34)14(7-8-15(25)22(32)33)13(10-36-24)21(30)31/h1-6,8-10,14,16,18-20,23-24,27-29,34H,7,11H2,(H,30,31)(H,32,33)/b9-6+/t14-,16-,18+,19+,20-,23+,24+,25-/m1/s1. The van der Waals surface area contributed by atoms with Crippen LogP contribution in [0, 0.1) is 5.92 Å². The molecule has 204 valence electrons. The molecule has 2 heterocycles. The van der Waals surface area contributed by atoms with Crippen LogP contribution < -0.4 is 0 Å². The van der Waals surface area contributed by atoms with Gasteiger partial charge in [-0.15, -0.1) is 0 Å². The number of aliphatic carboxylic acids is 2. The Hall–Kier alpha value is -3.59. The van der Waals surface area contributed by atoms with Crippen molar-refractivity contribution in [2.45, 2.75) is 49.0 Å². The van der Waals surface area contributed by atoms with Gasteiger partial charge in [-0.3, -0.25) is 0 Å². The molecule has 4 rings (SSSR count). The summed E-state index contributed by atoms with van der Waals surface area (Å²) < 4.78 is 21.3. The molecule has 13 heteroatoms. The lowest BCUT2D eigenvalue weighted by Crippen LogP contribution is -2.62. The number of fused-ring (bicyclic) bond motifs is 1. The van der Waals surface area contributed by atoms with Gasteiger partial charge in [0.05, 0.1) is 17.4 Å². The van der Waals surface area contributed by atoms with Gasteiger partial charge in [0.1, 0.15) is 31.0 Å². The summed E-state index contributed by atoms with van der Waals surface area (Å²) in [6, 6.07) is 8.87. The number of benzene rings is 1. The van der Waals surface area contributed by atoms with Gasteiger partial charge in [-0.05, 0) is 18.1 Å². The van der Waals surface area contributed by atoms with Crippen molar-refractivity contribution in [2.75, 3.05) is 6.61 Å². The highest BCUT2D eigenvalue weighted by Crippen LogP contribution is 2.47. The third-order valence-electron chi connectivity index (χ3n) is 6.58. The third kappa shape index (κ3) is 5.20. The molecular formula is C25H26O13. The highest BCUT2D eigenvalue weighted by atomic mass is 16.8. The summed E-state index contributed by atoms with van der Waals surface area (Å²) in [5, 5.41) is 61.4. The first-order valence-corrected chi connectivity index (χ1v) is 11.5. The number of ether oxygens (including phenoxy) is 4. The molecule has 1 aromatic rings. The molecule has 38 heavy (non-hydrogen) atoms. The van der Waals surface area contributed by atoms with Crippen LogP contribution in [0.3, 0.4) is 0 Å². The summed E-state index contributed by atoms with van der Waals surface area (Å²) in [7, 11) is 0. The van der Waals surface area contributed by atoms with E-state index in [1.54, 1.807) is 30.3 Å². The van der Waals surface area contributed by atoms with Gasteiger partial charge in [-0.1, -0.05) is 36.4 Å². The van der Waals surface area contributed by atoms with Crippen molar-refractivity contribution < 1.29 is 64.0 Å². The molecular weight excluding hydrogens is 508 g/mol. The van der Waals surface area contributed by atoms with Crippen LogP contribution in [-0.2, 0) is 33.3 Å². The Morgan fingerprint density at radius 2 is 1.74 bits per heavy atom. The lowest BCUT2D eigenvalue weighted by Gasteiger charge is -2.45. The molecule has 0 bridgehead atoms. The number of hydrogen-bond donors (Lipinski definition) is 6. The van der Waals surface area contributed by atoms with Gasteiger partial charge in [0.25, 0.3) is 0 Å². The fourth-order valence-electron chi connectivity index (χ4n) is 4.57. The molecule has 0 amide bonds. The van der Waals surface area contributed by atoms with Crippen LogP contribution in [0.25, 0.3) is 6.08 Å².